The second-order valence-corrected chi connectivity index (χ2v) is 10.6. The van der Waals surface area contributed by atoms with E-state index in [9.17, 15) is 14.4 Å². The molecule has 2 aromatic carbocycles. The number of pyridine rings is 2. The monoisotopic (exact) mass is 505 g/mol. The highest BCUT2D eigenvalue weighted by molar-refractivity contribution is 7.56. The quantitative estimate of drug-likeness (QED) is 0.193. The molecule has 0 aliphatic rings. The SMILES string of the molecule is CCC(=C(CC)P(=O)(O)O)c1ccc2c(c1)nc(N)c1ncc(CCc3ccc(OC)cc3C)cc12. The summed E-state index contributed by atoms with van der Waals surface area (Å²) in [7, 11) is -2.68. The molecular formula is C28H32N3O4P. The molecule has 7 nitrogen and oxygen atoms in total. The minimum Gasteiger partial charge on any atom is -0.497 e. The molecule has 2 aromatic heterocycles. The summed E-state index contributed by atoms with van der Waals surface area (Å²) >= 11 is 0. The van der Waals surface area contributed by atoms with Crippen LogP contribution in [0.4, 0.5) is 5.82 Å². The molecule has 4 N–H and O–H groups in total. The van der Waals surface area contributed by atoms with Gasteiger partial charge in [0.05, 0.1) is 12.6 Å². The molecule has 0 amide bonds. The van der Waals surface area contributed by atoms with Gasteiger partial charge in [-0.1, -0.05) is 32.0 Å². The van der Waals surface area contributed by atoms with Crippen LogP contribution in [0.1, 0.15) is 48.9 Å². The van der Waals surface area contributed by atoms with Gasteiger partial charge in [-0.2, -0.15) is 0 Å². The van der Waals surface area contributed by atoms with Gasteiger partial charge in [-0.25, -0.2) is 4.98 Å². The lowest BCUT2D eigenvalue weighted by Crippen LogP contribution is -2.00. The maximum Gasteiger partial charge on any atom is 0.352 e. The average Bonchev–Trinajstić information content (AvgIpc) is 2.85. The van der Waals surface area contributed by atoms with Crippen LogP contribution >= 0.6 is 7.60 Å². The highest BCUT2D eigenvalue weighted by atomic mass is 31.2. The van der Waals surface area contributed by atoms with Crippen molar-refractivity contribution in [3.63, 3.8) is 0 Å². The minimum absolute atomic E-state index is 0.163. The van der Waals surface area contributed by atoms with Gasteiger partial charge in [0.15, 0.2) is 5.82 Å². The number of ether oxygens (including phenoxy) is 1. The van der Waals surface area contributed by atoms with E-state index in [4.69, 9.17) is 10.5 Å². The van der Waals surface area contributed by atoms with Crippen molar-refractivity contribution in [1.82, 2.24) is 9.97 Å². The first-order valence-corrected chi connectivity index (χ1v) is 13.7. The van der Waals surface area contributed by atoms with Crippen molar-refractivity contribution >= 4 is 40.8 Å². The molecule has 0 unspecified atom stereocenters. The third kappa shape index (κ3) is 5.14. The van der Waals surface area contributed by atoms with Crippen LogP contribution in [0.15, 0.2) is 54.0 Å². The molecule has 0 spiro atoms. The summed E-state index contributed by atoms with van der Waals surface area (Å²) in [5.41, 5.74) is 12.5. The van der Waals surface area contributed by atoms with Crippen LogP contribution < -0.4 is 10.5 Å². The molecule has 36 heavy (non-hydrogen) atoms. The van der Waals surface area contributed by atoms with Crippen LogP contribution in [0, 0.1) is 6.92 Å². The molecule has 4 rings (SSSR count). The first kappa shape index (κ1) is 25.8. The van der Waals surface area contributed by atoms with Crippen molar-refractivity contribution in [3.05, 3.63) is 76.2 Å². The van der Waals surface area contributed by atoms with Crippen LogP contribution in [0.5, 0.6) is 5.75 Å². The summed E-state index contributed by atoms with van der Waals surface area (Å²) in [6, 6.07) is 13.9. The van der Waals surface area contributed by atoms with Gasteiger partial charge in [-0.15, -0.1) is 0 Å². The van der Waals surface area contributed by atoms with Crippen LogP contribution in [-0.2, 0) is 17.4 Å². The molecule has 188 valence electrons. The molecule has 0 bridgehead atoms. The highest BCUT2D eigenvalue weighted by Crippen LogP contribution is 2.51. The first-order valence-electron chi connectivity index (χ1n) is 12.1. The van der Waals surface area contributed by atoms with Crippen LogP contribution in [0.2, 0.25) is 0 Å². The summed E-state index contributed by atoms with van der Waals surface area (Å²) < 4.78 is 17.4. The molecule has 0 aliphatic carbocycles. The van der Waals surface area contributed by atoms with Crippen molar-refractivity contribution in [2.24, 2.45) is 0 Å². The van der Waals surface area contributed by atoms with Crippen molar-refractivity contribution in [1.29, 1.82) is 0 Å². The predicted octanol–water partition coefficient (Wildman–Crippen LogP) is 6.18. The van der Waals surface area contributed by atoms with E-state index in [0.717, 1.165) is 40.5 Å². The summed E-state index contributed by atoms with van der Waals surface area (Å²) in [5.74, 6) is 1.19. The summed E-state index contributed by atoms with van der Waals surface area (Å²) in [5, 5.41) is 1.99. The van der Waals surface area contributed by atoms with E-state index in [-0.39, 0.29) is 11.7 Å². The van der Waals surface area contributed by atoms with Gasteiger partial charge in [-0.3, -0.25) is 9.55 Å². The number of benzene rings is 2. The molecule has 0 aliphatic heterocycles. The van der Waals surface area contributed by atoms with Gasteiger partial charge in [0.25, 0.3) is 0 Å². The zero-order chi connectivity index (χ0) is 26.0. The molecule has 0 radical (unpaired) electrons. The Labute approximate surface area is 211 Å². The molecule has 0 saturated heterocycles. The van der Waals surface area contributed by atoms with Crippen molar-refractivity contribution in [2.75, 3.05) is 12.8 Å². The second-order valence-electron chi connectivity index (χ2n) is 8.94. The number of allylic oxidation sites excluding steroid dienone is 2. The summed E-state index contributed by atoms with van der Waals surface area (Å²) in [6.45, 7) is 5.74. The maximum absolute atomic E-state index is 12.1. The largest absolute Gasteiger partial charge is 0.497 e. The number of hydrogen-bond donors (Lipinski definition) is 3. The molecule has 2 heterocycles. The van der Waals surface area contributed by atoms with Crippen LogP contribution in [0.3, 0.4) is 0 Å². The second kappa shape index (κ2) is 10.4. The van der Waals surface area contributed by atoms with Crippen molar-refractivity contribution in [2.45, 2.75) is 46.5 Å². The number of nitrogen functional groups attached to an aromatic ring is 1. The third-order valence-corrected chi connectivity index (χ3v) is 7.97. The van der Waals surface area contributed by atoms with E-state index in [2.05, 4.69) is 29.0 Å². The summed E-state index contributed by atoms with van der Waals surface area (Å²) in [6.07, 6.45) is 4.32. The number of anilines is 1. The Morgan fingerprint density at radius 2 is 1.81 bits per heavy atom. The number of nitrogens with two attached hydrogens (primary N) is 1. The van der Waals surface area contributed by atoms with Gasteiger partial charge < -0.3 is 20.3 Å². The van der Waals surface area contributed by atoms with Crippen LogP contribution in [0.25, 0.3) is 27.4 Å². The zero-order valence-electron chi connectivity index (χ0n) is 21.1. The fourth-order valence-corrected chi connectivity index (χ4v) is 5.85. The van der Waals surface area contributed by atoms with E-state index >= 15 is 0 Å². The number of rotatable bonds is 8. The van der Waals surface area contributed by atoms with Gasteiger partial charge in [0, 0.05) is 22.3 Å². The van der Waals surface area contributed by atoms with Crippen molar-refractivity contribution < 1.29 is 19.1 Å². The topological polar surface area (TPSA) is 119 Å². The molecule has 0 saturated carbocycles. The van der Waals surface area contributed by atoms with Gasteiger partial charge in [0.1, 0.15) is 11.3 Å². The number of aromatic nitrogens is 2. The van der Waals surface area contributed by atoms with E-state index < -0.39 is 7.60 Å². The van der Waals surface area contributed by atoms with Crippen LogP contribution in [-0.4, -0.2) is 26.9 Å². The highest BCUT2D eigenvalue weighted by Gasteiger charge is 2.23. The Balaban J connectivity index is 1.75. The Kier molecular flexibility index (Phi) is 7.46. The van der Waals surface area contributed by atoms with E-state index in [1.54, 1.807) is 14.0 Å². The molecule has 8 heteroatoms. The normalized spacial score (nSPS) is 12.7. The fourth-order valence-electron chi connectivity index (χ4n) is 4.80. The lowest BCUT2D eigenvalue weighted by atomic mass is 9.97. The minimum atomic E-state index is -4.35. The lowest BCUT2D eigenvalue weighted by molar-refractivity contribution is 0.381. The van der Waals surface area contributed by atoms with Gasteiger partial charge in [-0.05, 0) is 84.7 Å². The Bertz CT molecular complexity index is 1520. The van der Waals surface area contributed by atoms with E-state index in [1.807, 2.05) is 43.5 Å². The Hall–Kier alpha value is -3.25. The molecule has 4 aromatic rings. The number of aryl methyl sites for hydroxylation is 3. The smallest absolute Gasteiger partial charge is 0.352 e. The number of nitrogens with zero attached hydrogens (tertiary/aromatic N) is 2. The Morgan fingerprint density at radius 3 is 2.44 bits per heavy atom. The van der Waals surface area contributed by atoms with Gasteiger partial charge >= 0.3 is 7.60 Å². The van der Waals surface area contributed by atoms with E-state index in [1.165, 1.54) is 11.1 Å². The Morgan fingerprint density at radius 1 is 1.03 bits per heavy atom. The average molecular weight is 506 g/mol. The first-order chi connectivity index (χ1) is 17.2. The predicted molar refractivity (Wildman–Crippen MR) is 146 cm³/mol. The van der Waals surface area contributed by atoms with Gasteiger partial charge in [0.2, 0.25) is 0 Å². The molecular weight excluding hydrogens is 473 g/mol. The van der Waals surface area contributed by atoms with Crippen molar-refractivity contribution in [3.8, 4) is 5.75 Å². The lowest BCUT2D eigenvalue weighted by Gasteiger charge is -2.16. The molecule has 0 fully saturated rings. The summed E-state index contributed by atoms with van der Waals surface area (Å²) in [4.78, 5) is 28.9. The number of hydrogen-bond acceptors (Lipinski definition) is 5. The number of fused-ring (bicyclic) bond motifs is 3. The number of methoxy groups -OCH3 is 1. The molecule has 0 atom stereocenters. The standard InChI is InChI=1S/C28H32N3O4P/c1-5-22(26(6-2)36(32,33)34)20-10-12-23-24-14-18(16-30-27(24)28(29)31-25(23)15-20)7-8-19-9-11-21(35-4)13-17(19)3/h9-16H,5-8H2,1-4H3,(H2,29,31)(H2,32,33,34). The fraction of sp³-hybridized carbons (Fsp3) is 0.286. The maximum atomic E-state index is 12.1. The third-order valence-electron chi connectivity index (χ3n) is 6.69. The zero-order valence-corrected chi connectivity index (χ0v) is 22.0. The van der Waals surface area contributed by atoms with E-state index in [0.29, 0.717) is 28.8 Å².